The van der Waals surface area contributed by atoms with E-state index >= 15 is 0 Å². The standard InChI is InChI=1S/C15H20O/c1-4-7-15-11-6-5-10(8-11)12(15)9-14(2,3)13(15)16/h4-6,10-12H,1,7-9H2,2-3H3/t10?,11?,12-,15+/m1/s1. The van der Waals surface area contributed by atoms with Crippen LogP contribution in [0.5, 0.6) is 0 Å². The predicted octanol–water partition coefficient (Wildman–Crippen LogP) is 3.37. The molecule has 0 spiro atoms. The van der Waals surface area contributed by atoms with Crippen molar-refractivity contribution >= 4 is 5.78 Å². The Bertz CT molecular complexity index is 390. The first-order valence-electron chi connectivity index (χ1n) is 6.36. The van der Waals surface area contributed by atoms with E-state index < -0.39 is 0 Å². The van der Waals surface area contributed by atoms with Gasteiger partial charge in [0.2, 0.25) is 0 Å². The van der Waals surface area contributed by atoms with Gasteiger partial charge < -0.3 is 0 Å². The monoisotopic (exact) mass is 216 g/mol. The molecule has 0 N–H and O–H groups in total. The molecule has 2 fully saturated rings. The van der Waals surface area contributed by atoms with Crippen molar-refractivity contribution in [3.63, 3.8) is 0 Å². The highest BCUT2D eigenvalue weighted by Gasteiger charge is 2.66. The number of hydrogen-bond donors (Lipinski definition) is 0. The number of ketones is 1. The Labute approximate surface area is 97.6 Å². The van der Waals surface area contributed by atoms with Gasteiger partial charge in [0.05, 0.1) is 0 Å². The Morgan fingerprint density at radius 1 is 1.50 bits per heavy atom. The number of allylic oxidation sites excluding steroid dienone is 3. The fourth-order valence-electron chi connectivity index (χ4n) is 4.64. The van der Waals surface area contributed by atoms with Gasteiger partial charge in [-0.2, -0.15) is 0 Å². The van der Waals surface area contributed by atoms with E-state index in [1.807, 2.05) is 6.08 Å². The number of rotatable bonds is 2. The molecule has 0 amide bonds. The van der Waals surface area contributed by atoms with Gasteiger partial charge in [-0.3, -0.25) is 4.79 Å². The fourth-order valence-corrected chi connectivity index (χ4v) is 4.64. The number of hydrogen-bond acceptors (Lipinski definition) is 1. The summed E-state index contributed by atoms with van der Waals surface area (Å²) in [5, 5.41) is 0. The summed E-state index contributed by atoms with van der Waals surface area (Å²) >= 11 is 0. The predicted molar refractivity (Wildman–Crippen MR) is 64.9 cm³/mol. The first-order chi connectivity index (χ1) is 7.52. The molecule has 0 radical (unpaired) electrons. The van der Waals surface area contributed by atoms with Crippen molar-refractivity contribution in [1.82, 2.24) is 0 Å². The molecular formula is C15H20O. The second-order valence-electron chi connectivity index (χ2n) is 6.45. The molecule has 4 atom stereocenters. The topological polar surface area (TPSA) is 17.1 Å². The average Bonchev–Trinajstić information content (AvgIpc) is 2.83. The van der Waals surface area contributed by atoms with Crippen LogP contribution >= 0.6 is 0 Å². The van der Waals surface area contributed by atoms with Gasteiger partial charge in [0.15, 0.2) is 0 Å². The van der Waals surface area contributed by atoms with E-state index in [1.54, 1.807) is 0 Å². The van der Waals surface area contributed by atoms with Crippen LogP contribution in [0.15, 0.2) is 24.8 Å². The largest absolute Gasteiger partial charge is 0.298 e. The molecule has 0 saturated heterocycles. The summed E-state index contributed by atoms with van der Waals surface area (Å²) in [5.41, 5.74) is -0.193. The van der Waals surface area contributed by atoms with Gasteiger partial charge in [0, 0.05) is 10.8 Å². The summed E-state index contributed by atoms with van der Waals surface area (Å²) in [7, 11) is 0. The molecule has 2 unspecified atom stereocenters. The molecule has 2 saturated carbocycles. The average molecular weight is 216 g/mol. The normalized spacial score (nSPS) is 47.4. The zero-order valence-corrected chi connectivity index (χ0v) is 10.2. The van der Waals surface area contributed by atoms with Gasteiger partial charge in [-0.1, -0.05) is 32.1 Å². The van der Waals surface area contributed by atoms with Crippen LogP contribution in [0, 0.1) is 28.6 Å². The molecule has 0 heterocycles. The van der Waals surface area contributed by atoms with E-state index in [1.165, 1.54) is 6.42 Å². The van der Waals surface area contributed by atoms with Crippen LogP contribution in [0.2, 0.25) is 0 Å². The molecule has 0 aromatic heterocycles. The van der Waals surface area contributed by atoms with Gasteiger partial charge >= 0.3 is 0 Å². The number of Topliss-reactive ketones (excluding diaryl/α,β-unsaturated/α-hetero) is 1. The van der Waals surface area contributed by atoms with E-state index in [9.17, 15) is 4.79 Å². The summed E-state index contributed by atoms with van der Waals surface area (Å²) in [5.74, 6) is 2.25. The van der Waals surface area contributed by atoms with E-state index in [0.717, 1.165) is 12.8 Å². The van der Waals surface area contributed by atoms with Gasteiger partial charge in [-0.15, -0.1) is 6.58 Å². The van der Waals surface area contributed by atoms with Gasteiger partial charge in [0.25, 0.3) is 0 Å². The SMILES string of the molecule is C=CC[C@@]12C(=O)C(C)(C)C[C@@H]1C1C=CC2C1. The number of carbonyl (C=O) groups excluding carboxylic acids is 1. The molecule has 16 heavy (non-hydrogen) atoms. The van der Waals surface area contributed by atoms with E-state index in [-0.39, 0.29) is 10.8 Å². The Morgan fingerprint density at radius 2 is 2.25 bits per heavy atom. The molecule has 0 aliphatic heterocycles. The maximum Gasteiger partial charge on any atom is 0.145 e. The minimum absolute atomic E-state index is 0.0787. The molecule has 1 nitrogen and oxygen atoms in total. The molecule has 3 aliphatic carbocycles. The Hall–Kier alpha value is -0.850. The van der Waals surface area contributed by atoms with Gasteiger partial charge in [0.1, 0.15) is 5.78 Å². The van der Waals surface area contributed by atoms with Crippen LogP contribution in [-0.2, 0) is 4.79 Å². The van der Waals surface area contributed by atoms with Crippen LogP contribution in [0.3, 0.4) is 0 Å². The highest BCUT2D eigenvalue weighted by atomic mass is 16.1. The van der Waals surface area contributed by atoms with Crippen molar-refractivity contribution in [3.8, 4) is 0 Å². The van der Waals surface area contributed by atoms with Crippen molar-refractivity contribution in [1.29, 1.82) is 0 Å². The highest BCUT2D eigenvalue weighted by molar-refractivity contribution is 5.94. The second kappa shape index (κ2) is 2.88. The quantitative estimate of drug-likeness (QED) is 0.647. The smallest absolute Gasteiger partial charge is 0.145 e. The zero-order valence-electron chi connectivity index (χ0n) is 10.2. The van der Waals surface area contributed by atoms with Crippen LogP contribution in [0.25, 0.3) is 0 Å². The summed E-state index contributed by atoms with van der Waals surface area (Å²) in [6.45, 7) is 8.11. The third kappa shape index (κ3) is 0.952. The van der Waals surface area contributed by atoms with Crippen LogP contribution in [0.4, 0.5) is 0 Å². The van der Waals surface area contributed by atoms with Crippen LogP contribution < -0.4 is 0 Å². The molecule has 3 rings (SSSR count). The Kier molecular flexibility index (Phi) is 1.86. The lowest BCUT2D eigenvalue weighted by Crippen LogP contribution is -2.38. The summed E-state index contributed by atoms with van der Waals surface area (Å²) in [6, 6.07) is 0. The van der Waals surface area contributed by atoms with Crippen LogP contribution in [-0.4, -0.2) is 5.78 Å². The number of carbonyl (C=O) groups is 1. The van der Waals surface area contributed by atoms with Gasteiger partial charge in [-0.25, -0.2) is 0 Å². The molecule has 86 valence electrons. The Morgan fingerprint density at radius 3 is 2.94 bits per heavy atom. The van der Waals surface area contributed by atoms with Crippen molar-refractivity contribution in [3.05, 3.63) is 24.8 Å². The summed E-state index contributed by atoms with van der Waals surface area (Å²) < 4.78 is 0. The maximum atomic E-state index is 12.7. The van der Waals surface area contributed by atoms with Crippen LogP contribution in [0.1, 0.15) is 33.1 Å². The first-order valence-corrected chi connectivity index (χ1v) is 6.36. The zero-order chi connectivity index (χ0) is 11.6. The van der Waals surface area contributed by atoms with E-state index in [2.05, 4.69) is 32.6 Å². The van der Waals surface area contributed by atoms with Crippen molar-refractivity contribution in [2.45, 2.75) is 33.1 Å². The molecule has 2 bridgehead atoms. The first kappa shape index (κ1) is 10.3. The molecule has 1 heteroatoms. The lowest BCUT2D eigenvalue weighted by atomic mass is 9.67. The summed E-state index contributed by atoms with van der Waals surface area (Å²) in [6.07, 6.45) is 9.77. The second-order valence-corrected chi connectivity index (χ2v) is 6.45. The molecule has 0 aromatic rings. The third-order valence-corrected chi connectivity index (χ3v) is 5.21. The van der Waals surface area contributed by atoms with Gasteiger partial charge in [-0.05, 0) is 37.0 Å². The summed E-state index contributed by atoms with van der Waals surface area (Å²) in [4.78, 5) is 12.7. The highest BCUT2D eigenvalue weighted by Crippen LogP contribution is 2.67. The minimum Gasteiger partial charge on any atom is -0.298 e. The fraction of sp³-hybridized carbons (Fsp3) is 0.667. The van der Waals surface area contributed by atoms with E-state index in [0.29, 0.717) is 23.5 Å². The maximum absolute atomic E-state index is 12.7. The molecule has 3 aliphatic rings. The van der Waals surface area contributed by atoms with Crippen molar-refractivity contribution in [2.24, 2.45) is 28.6 Å². The van der Waals surface area contributed by atoms with E-state index in [4.69, 9.17) is 0 Å². The lowest BCUT2D eigenvalue weighted by Gasteiger charge is -2.35. The molecule has 0 aromatic carbocycles. The van der Waals surface area contributed by atoms with Crippen molar-refractivity contribution < 1.29 is 4.79 Å². The third-order valence-electron chi connectivity index (χ3n) is 5.21. The molecular weight excluding hydrogens is 196 g/mol. The Balaban J connectivity index is 2.10. The van der Waals surface area contributed by atoms with Crippen molar-refractivity contribution in [2.75, 3.05) is 0 Å². The number of fused-ring (bicyclic) bond motifs is 5. The minimum atomic E-state index is -0.114. The lowest BCUT2D eigenvalue weighted by molar-refractivity contribution is -0.134.